The Balaban J connectivity index is 2.16. The van der Waals surface area contributed by atoms with Gasteiger partial charge in [-0.05, 0) is 47.9 Å². The van der Waals surface area contributed by atoms with Crippen LogP contribution in [0.5, 0.6) is 0 Å². The fraction of sp³-hybridized carbons (Fsp3) is 0.467. The largest absolute Gasteiger partial charge is 0.331 e. The van der Waals surface area contributed by atoms with Crippen molar-refractivity contribution >= 4 is 23.4 Å². The second-order valence-electron chi connectivity index (χ2n) is 9.02. The molecule has 0 spiro atoms. The molecule has 0 aliphatic carbocycles. The van der Waals surface area contributed by atoms with Crippen LogP contribution in [0.1, 0.15) is 103 Å². The maximum Gasteiger partial charge on any atom is 0.331 e. The summed E-state index contributed by atoms with van der Waals surface area (Å²) in [6.07, 6.45) is 10.5. The zero-order chi connectivity index (χ0) is 26.2. The number of oxime groups is 2. The predicted octanol–water partition coefficient (Wildman–Crippen LogP) is 7.83. The monoisotopic (exact) mass is 492 g/mol. The molecule has 0 fully saturated rings. The van der Waals surface area contributed by atoms with Gasteiger partial charge in [0, 0.05) is 13.8 Å². The second kappa shape index (κ2) is 16.4. The van der Waals surface area contributed by atoms with Crippen molar-refractivity contribution < 1.29 is 19.3 Å². The fourth-order valence-corrected chi connectivity index (χ4v) is 3.87. The first-order chi connectivity index (χ1) is 17.4. The Morgan fingerprint density at radius 2 is 0.944 bits per heavy atom. The minimum atomic E-state index is -0.417. The molecule has 0 bridgehead atoms. The van der Waals surface area contributed by atoms with Gasteiger partial charge in [-0.1, -0.05) is 111 Å². The Morgan fingerprint density at radius 3 is 1.25 bits per heavy atom. The van der Waals surface area contributed by atoms with E-state index in [0.717, 1.165) is 72.2 Å². The van der Waals surface area contributed by atoms with E-state index < -0.39 is 11.9 Å². The molecule has 0 radical (unpaired) electrons. The van der Waals surface area contributed by atoms with Crippen LogP contribution in [-0.2, 0) is 19.3 Å². The van der Waals surface area contributed by atoms with E-state index in [1.165, 1.54) is 39.5 Å². The fourth-order valence-electron chi connectivity index (χ4n) is 3.87. The van der Waals surface area contributed by atoms with Crippen molar-refractivity contribution in [1.29, 1.82) is 0 Å². The molecule has 0 N–H and O–H groups in total. The smallest absolute Gasteiger partial charge is 0.318 e. The topological polar surface area (TPSA) is 77.3 Å². The summed E-state index contributed by atoms with van der Waals surface area (Å²) in [7, 11) is 0. The van der Waals surface area contributed by atoms with E-state index in [1.807, 2.05) is 24.3 Å². The van der Waals surface area contributed by atoms with Crippen LogP contribution in [0.3, 0.4) is 0 Å². The van der Waals surface area contributed by atoms with Crippen LogP contribution in [0, 0.1) is 0 Å². The van der Waals surface area contributed by atoms with Gasteiger partial charge in [0.2, 0.25) is 0 Å². The van der Waals surface area contributed by atoms with Crippen molar-refractivity contribution in [3.8, 4) is 11.1 Å². The van der Waals surface area contributed by atoms with Gasteiger partial charge >= 0.3 is 11.9 Å². The SMILES string of the molecule is CCCCCCC(=NOC(C)=O)c1ccc(-c2ccc(C(CCCCCC)=NOC(C)=O)cc2)cc1. The summed E-state index contributed by atoms with van der Waals surface area (Å²) in [4.78, 5) is 32.4. The molecule has 0 heterocycles. The van der Waals surface area contributed by atoms with Gasteiger partial charge < -0.3 is 9.68 Å². The summed E-state index contributed by atoms with van der Waals surface area (Å²) in [5, 5.41) is 8.22. The maximum atomic E-state index is 11.3. The normalized spacial score (nSPS) is 11.9. The van der Waals surface area contributed by atoms with E-state index in [-0.39, 0.29) is 0 Å². The molecule has 194 valence electrons. The summed E-state index contributed by atoms with van der Waals surface area (Å²) in [5.41, 5.74) is 5.64. The Kier molecular flexibility index (Phi) is 13.2. The van der Waals surface area contributed by atoms with Crippen LogP contribution >= 0.6 is 0 Å². The Hall–Kier alpha value is -3.28. The molecule has 6 heteroatoms. The lowest BCUT2D eigenvalue weighted by Crippen LogP contribution is -2.05. The summed E-state index contributed by atoms with van der Waals surface area (Å²) < 4.78 is 0. The zero-order valence-electron chi connectivity index (χ0n) is 22.2. The standard InChI is InChI=1S/C30H40N2O4/c1-5-7-9-11-13-29(31-35-23(3)33)27-19-15-25(16-20-27)26-17-21-28(22-18-26)30(32-36-24(4)34)14-12-10-8-6-2/h15-22H,5-14H2,1-4H3. The van der Waals surface area contributed by atoms with Crippen LogP contribution in [0.15, 0.2) is 58.8 Å². The number of carbonyl (C=O) groups is 2. The Labute approximate surface area is 215 Å². The highest BCUT2D eigenvalue weighted by atomic mass is 16.7. The molecule has 0 saturated heterocycles. The number of rotatable bonds is 15. The van der Waals surface area contributed by atoms with Crippen molar-refractivity contribution in [2.45, 2.75) is 91.9 Å². The van der Waals surface area contributed by atoms with Crippen LogP contribution in [0.4, 0.5) is 0 Å². The molecule has 0 unspecified atom stereocenters. The first-order valence-corrected chi connectivity index (χ1v) is 13.1. The third-order valence-corrected chi connectivity index (χ3v) is 5.87. The molecule has 36 heavy (non-hydrogen) atoms. The first-order valence-electron chi connectivity index (χ1n) is 13.1. The third-order valence-electron chi connectivity index (χ3n) is 5.87. The van der Waals surface area contributed by atoms with Crippen molar-refractivity contribution in [1.82, 2.24) is 0 Å². The minimum absolute atomic E-state index is 0.417. The van der Waals surface area contributed by atoms with Gasteiger partial charge in [0.25, 0.3) is 0 Å². The Morgan fingerprint density at radius 1 is 0.583 bits per heavy atom. The van der Waals surface area contributed by atoms with E-state index in [9.17, 15) is 9.59 Å². The number of nitrogens with zero attached hydrogens (tertiary/aromatic N) is 2. The van der Waals surface area contributed by atoms with E-state index >= 15 is 0 Å². The number of benzene rings is 2. The van der Waals surface area contributed by atoms with Crippen molar-refractivity contribution in [2.24, 2.45) is 10.3 Å². The van der Waals surface area contributed by atoms with Crippen LogP contribution in [0.2, 0.25) is 0 Å². The molecular formula is C30H40N2O4. The molecule has 0 aliphatic heterocycles. The van der Waals surface area contributed by atoms with Crippen LogP contribution < -0.4 is 0 Å². The first kappa shape index (κ1) is 29.0. The van der Waals surface area contributed by atoms with Gasteiger partial charge in [0.1, 0.15) is 0 Å². The van der Waals surface area contributed by atoms with E-state index in [1.54, 1.807) is 0 Å². The molecule has 0 aromatic heterocycles. The van der Waals surface area contributed by atoms with Crippen molar-refractivity contribution in [3.63, 3.8) is 0 Å². The highest BCUT2D eigenvalue weighted by molar-refractivity contribution is 6.01. The lowest BCUT2D eigenvalue weighted by molar-refractivity contribution is -0.141. The van der Waals surface area contributed by atoms with Crippen LogP contribution in [0.25, 0.3) is 11.1 Å². The summed E-state index contributed by atoms with van der Waals surface area (Å²) >= 11 is 0. The number of unbranched alkanes of at least 4 members (excludes halogenated alkanes) is 6. The van der Waals surface area contributed by atoms with E-state index in [2.05, 4.69) is 48.4 Å². The molecule has 0 atom stereocenters. The van der Waals surface area contributed by atoms with Gasteiger partial charge in [0.15, 0.2) is 0 Å². The third kappa shape index (κ3) is 10.5. The average molecular weight is 493 g/mol. The molecule has 0 amide bonds. The summed E-state index contributed by atoms with van der Waals surface area (Å²) in [5.74, 6) is -0.834. The molecule has 0 aliphatic rings. The number of hydrogen-bond acceptors (Lipinski definition) is 6. The van der Waals surface area contributed by atoms with E-state index in [4.69, 9.17) is 9.68 Å². The summed E-state index contributed by atoms with van der Waals surface area (Å²) in [6, 6.07) is 16.3. The van der Waals surface area contributed by atoms with Gasteiger partial charge in [0.05, 0.1) is 11.4 Å². The minimum Gasteiger partial charge on any atom is -0.318 e. The highest BCUT2D eigenvalue weighted by Crippen LogP contribution is 2.23. The average Bonchev–Trinajstić information content (AvgIpc) is 2.88. The number of carbonyl (C=O) groups excluding carboxylic acids is 2. The molecule has 2 rings (SSSR count). The van der Waals surface area contributed by atoms with Gasteiger partial charge in [-0.3, -0.25) is 0 Å². The van der Waals surface area contributed by atoms with Crippen molar-refractivity contribution in [3.05, 3.63) is 59.7 Å². The van der Waals surface area contributed by atoms with Crippen LogP contribution in [-0.4, -0.2) is 23.4 Å². The quantitative estimate of drug-likeness (QED) is 0.110. The number of hydrogen-bond donors (Lipinski definition) is 0. The predicted molar refractivity (Wildman–Crippen MR) is 146 cm³/mol. The molecule has 2 aromatic rings. The second-order valence-corrected chi connectivity index (χ2v) is 9.02. The Bertz CT molecular complexity index is 925. The zero-order valence-corrected chi connectivity index (χ0v) is 22.2. The molecule has 0 saturated carbocycles. The molecule has 2 aromatic carbocycles. The lowest BCUT2D eigenvalue weighted by atomic mass is 9.97. The van der Waals surface area contributed by atoms with Gasteiger partial charge in [-0.2, -0.15) is 0 Å². The molecule has 6 nitrogen and oxygen atoms in total. The van der Waals surface area contributed by atoms with Gasteiger partial charge in [-0.15, -0.1) is 0 Å². The maximum absolute atomic E-state index is 11.3. The van der Waals surface area contributed by atoms with Gasteiger partial charge in [-0.25, -0.2) is 9.59 Å². The van der Waals surface area contributed by atoms with Crippen molar-refractivity contribution in [2.75, 3.05) is 0 Å². The highest BCUT2D eigenvalue weighted by Gasteiger charge is 2.09. The summed E-state index contributed by atoms with van der Waals surface area (Å²) in [6.45, 7) is 7.08. The lowest BCUT2D eigenvalue weighted by Gasteiger charge is -2.10. The molecular weight excluding hydrogens is 452 g/mol. The van der Waals surface area contributed by atoms with E-state index in [0.29, 0.717) is 0 Å².